The van der Waals surface area contributed by atoms with Crippen molar-refractivity contribution in [3.05, 3.63) is 0 Å². The van der Waals surface area contributed by atoms with Crippen molar-refractivity contribution in [3.8, 4) is 0 Å². The van der Waals surface area contributed by atoms with E-state index >= 15 is 0 Å². The van der Waals surface area contributed by atoms with E-state index in [-0.39, 0.29) is 11.1 Å². The molecule has 2 N–H and O–H groups in total. The van der Waals surface area contributed by atoms with Gasteiger partial charge in [0.25, 0.3) is 0 Å². The quantitative estimate of drug-likeness (QED) is 0.788. The molecule has 0 aromatic heterocycles. The van der Waals surface area contributed by atoms with Crippen molar-refractivity contribution in [2.24, 2.45) is 5.92 Å². The first kappa shape index (κ1) is 15.0. The monoisotopic (exact) mass is 240 g/mol. The van der Waals surface area contributed by atoms with Crippen LogP contribution in [0.2, 0.25) is 0 Å². The van der Waals surface area contributed by atoms with Gasteiger partial charge >= 0.3 is 0 Å². The van der Waals surface area contributed by atoms with Gasteiger partial charge in [-0.3, -0.25) is 0 Å². The van der Waals surface area contributed by atoms with Crippen molar-refractivity contribution >= 4 is 0 Å². The smallest absolute Gasteiger partial charge is 0.0144 e. The van der Waals surface area contributed by atoms with Gasteiger partial charge < -0.3 is 10.6 Å². The molecule has 0 radical (unpaired) electrons. The van der Waals surface area contributed by atoms with Crippen molar-refractivity contribution in [2.45, 2.75) is 90.9 Å². The third-order valence-electron chi connectivity index (χ3n) is 3.54. The fourth-order valence-electron chi connectivity index (χ4n) is 3.62. The van der Waals surface area contributed by atoms with Crippen molar-refractivity contribution < 1.29 is 0 Å². The van der Waals surface area contributed by atoms with Crippen LogP contribution in [0.15, 0.2) is 0 Å². The molecule has 1 fully saturated rings. The zero-order chi connectivity index (χ0) is 13.3. The molecule has 0 aliphatic carbocycles. The molecule has 1 atom stereocenters. The van der Waals surface area contributed by atoms with Crippen molar-refractivity contribution in [1.82, 2.24) is 10.6 Å². The second kappa shape index (κ2) is 5.27. The SMILES string of the molecule is CC(C)CC(C)NC1CC(C)(C)NC(C)(C)C1. The maximum Gasteiger partial charge on any atom is 0.0144 e. The Bertz CT molecular complexity index is 227. The fraction of sp³-hybridized carbons (Fsp3) is 1.00. The Kier molecular flexibility index (Phi) is 4.65. The molecule has 1 aliphatic heterocycles. The lowest BCUT2D eigenvalue weighted by atomic mass is 9.79. The van der Waals surface area contributed by atoms with Crippen LogP contribution in [0.25, 0.3) is 0 Å². The van der Waals surface area contributed by atoms with Crippen molar-refractivity contribution in [1.29, 1.82) is 0 Å². The van der Waals surface area contributed by atoms with Gasteiger partial charge in [0.15, 0.2) is 0 Å². The topological polar surface area (TPSA) is 24.1 Å². The first-order valence-corrected chi connectivity index (χ1v) is 7.15. The number of hydrogen-bond donors (Lipinski definition) is 2. The van der Waals surface area contributed by atoms with Gasteiger partial charge in [-0.05, 0) is 59.8 Å². The van der Waals surface area contributed by atoms with Crippen molar-refractivity contribution in [3.63, 3.8) is 0 Å². The van der Waals surface area contributed by atoms with E-state index in [1.54, 1.807) is 0 Å². The van der Waals surface area contributed by atoms with Gasteiger partial charge in [-0.1, -0.05) is 13.8 Å². The van der Waals surface area contributed by atoms with E-state index in [4.69, 9.17) is 0 Å². The van der Waals surface area contributed by atoms with Gasteiger partial charge in [0.1, 0.15) is 0 Å². The molecule has 0 aromatic rings. The maximum absolute atomic E-state index is 3.82. The molecule has 0 amide bonds. The van der Waals surface area contributed by atoms with E-state index in [9.17, 15) is 0 Å². The molecular formula is C15H32N2. The molecule has 1 heterocycles. The number of rotatable bonds is 4. The summed E-state index contributed by atoms with van der Waals surface area (Å²) in [6, 6.07) is 1.28. The standard InChI is InChI=1S/C15H32N2/c1-11(2)8-12(3)16-13-9-14(4,5)17-15(6,7)10-13/h11-13,16-17H,8-10H2,1-7H3. The molecule has 102 valence electrons. The summed E-state index contributed by atoms with van der Waals surface area (Å²) in [4.78, 5) is 0. The molecule has 1 aliphatic rings. The second-order valence-corrected chi connectivity index (χ2v) is 7.70. The predicted octanol–water partition coefficient (Wildman–Crippen LogP) is 3.32. The highest BCUT2D eigenvalue weighted by molar-refractivity contribution is 4.99. The van der Waals surface area contributed by atoms with Crippen molar-refractivity contribution in [2.75, 3.05) is 0 Å². The lowest BCUT2D eigenvalue weighted by Gasteiger charge is -2.47. The summed E-state index contributed by atoms with van der Waals surface area (Å²) < 4.78 is 0. The Labute approximate surface area is 108 Å². The largest absolute Gasteiger partial charge is 0.311 e. The van der Waals surface area contributed by atoms with Crippen LogP contribution in [-0.2, 0) is 0 Å². The number of hydrogen-bond acceptors (Lipinski definition) is 2. The van der Waals surface area contributed by atoms with Crippen LogP contribution in [0.4, 0.5) is 0 Å². The minimum absolute atomic E-state index is 0.247. The minimum Gasteiger partial charge on any atom is -0.311 e. The van der Waals surface area contributed by atoms with Gasteiger partial charge in [-0.15, -0.1) is 0 Å². The molecular weight excluding hydrogens is 208 g/mol. The van der Waals surface area contributed by atoms with E-state index in [0.717, 1.165) is 5.92 Å². The number of piperidine rings is 1. The first-order valence-electron chi connectivity index (χ1n) is 7.15. The zero-order valence-corrected chi connectivity index (χ0v) is 12.9. The van der Waals surface area contributed by atoms with Gasteiger partial charge in [-0.25, -0.2) is 0 Å². The number of nitrogens with one attached hydrogen (secondary N) is 2. The summed E-state index contributed by atoms with van der Waals surface area (Å²) in [7, 11) is 0. The molecule has 1 rings (SSSR count). The Hall–Kier alpha value is -0.0800. The van der Waals surface area contributed by atoms with E-state index in [1.165, 1.54) is 19.3 Å². The Morgan fingerprint density at radius 2 is 1.53 bits per heavy atom. The summed E-state index contributed by atoms with van der Waals surface area (Å²) >= 11 is 0. The lowest BCUT2D eigenvalue weighted by Crippen LogP contribution is -2.62. The lowest BCUT2D eigenvalue weighted by molar-refractivity contribution is 0.139. The fourth-order valence-corrected chi connectivity index (χ4v) is 3.62. The molecule has 0 saturated carbocycles. The van der Waals surface area contributed by atoms with E-state index in [2.05, 4.69) is 59.1 Å². The van der Waals surface area contributed by atoms with Crippen LogP contribution in [0.1, 0.15) is 67.7 Å². The van der Waals surface area contributed by atoms with Gasteiger partial charge in [0.05, 0.1) is 0 Å². The molecule has 1 unspecified atom stereocenters. The van der Waals surface area contributed by atoms with Crippen LogP contribution in [0, 0.1) is 5.92 Å². The first-order chi connectivity index (χ1) is 7.60. The van der Waals surface area contributed by atoms with E-state index in [0.29, 0.717) is 12.1 Å². The summed E-state index contributed by atoms with van der Waals surface area (Å²) in [6.45, 7) is 16.2. The van der Waals surface area contributed by atoms with Crippen LogP contribution in [0.5, 0.6) is 0 Å². The summed E-state index contributed by atoms with van der Waals surface area (Å²) in [5.41, 5.74) is 0.494. The van der Waals surface area contributed by atoms with E-state index < -0.39 is 0 Å². The minimum atomic E-state index is 0.247. The molecule has 1 saturated heterocycles. The molecule has 2 heteroatoms. The van der Waals surface area contributed by atoms with Crippen LogP contribution >= 0.6 is 0 Å². The highest BCUT2D eigenvalue weighted by Gasteiger charge is 2.37. The highest BCUT2D eigenvalue weighted by atomic mass is 15.1. The third kappa shape index (κ3) is 5.39. The Balaban J connectivity index is 2.53. The van der Waals surface area contributed by atoms with Crippen LogP contribution in [0.3, 0.4) is 0 Å². The zero-order valence-electron chi connectivity index (χ0n) is 12.9. The van der Waals surface area contributed by atoms with Gasteiger partial charge in [0.2, 0.25) is 0 Å². The maximum atomic E-state index is 3.82. The molecule has 17 heavy (non-hydrogen) atoms. The average molecular weight is 240 g/mol. The summed E-state index contributed by atoms with van der Waals surface area (Å²) in [5, 5.41) is 7.56. The predicted molar refractivity (Wildman–Crippen MR) is 76.4 cm³/mol. The van der Waals surface area contributed by atoms with Gasteiger partial charge in [-0.2, -0.15) is 0 Å². The van der Waals surface area contributed by atoms with E-state index in [1.807, 2.05) is 0 Å². The Morgan fingerprint density at radius 3 is 1.94 bits per heavy atom. The molecule has 0 aromatic carbocycles. The van der Waals surface area contributed by atoms with Crippen LogP contribution in [-0.4, -0.2) is 23.2 Å². The highest BCUT2D eigenvalue weighted by Crippen LogP contribution is 2.28. The summed E-state index contributed by atoms with van der Waals surface area (Å²) in [5.74, 6) is 0.778. The molecule has 0 bridgehead atoms. The van der Waals surface area contributed by atoms with Crippen LogP contribution < -0.4 is 10.6 Å². The van der Waals surface area contributed by atoms with Gasteiger partial charge in [0, 0.05) is 23.2 Å². The molecule has 0 spiro atoms. The molecule has 2 nitrogen and oxygen atoms in total. The average Bonchev–Trinajstić information content (AvgIpc) is 1.93. The third-order valence-corrected chi connectivity index (χ3v) is 3.54. The Morgan fingerprint density at radius 1 is 1.06 bits per heavy atom. The second-order valence-electron chi connectivity index (χ2n) is 7.70. The summed E-state index contributed by atoms with van der Waals surface area (Å²) in [6.07, 6.45) is 3.71. The normalized spacial score (nSPS) is 26.1.